The van der Waals surface area contributed by atoms with E-state index in [0.29, 0.717) is 16.6 Å². The number of aromatic nitrogens is 1. The third kappa shape index (κ3) is 4.90. The van der Waals surface area contributed by atoms with E-state index < -0.39 is 28.6 Å². The van der Waals surface area contributed by atoms with Crippen molar-refractivity contribution in [3.05, 3.63) is 82.2 Å². The van der Waals surface area contributed by atoms with Crippen LogP contribution in [0.15, 0.2) is 78.2 Å². The van der Waals surface area contributed by atoms with E-state index in [1.165, 1.54) is 22.4 Å². The first-order valence-corrected chi connectivity index (χ1v) is 12.4. The summed E-state index contributed by atoms with van der Waals surface area (Å²) in [5.41, 5.74) is 8.54. The lowest BCUT2D eigenvalue weighted by Gasteiger charge is -2.15. The number of nitrogens with two attached hydrogens (primary N) is 1. The molecule has 0 saturated carbocycles. The summed E-state index contributed by atoms with van der Waals surface area (Å²) in [5, 5.41) is 3.29. The Morgan fingerprint density at radius 3 is 2.94 bits per heavy atom. The molecule has 0 amide bonds. The highest BCUT2D eigenvalue weighted by molar-refractivity contribution is 8.14. The third-order valence-corrected chi connectivity index (χ3v) is 7.15. The van der Waals surface area contributed by atoms with Crippen molar-refractivity contribution < 1.29 is 13.0 Å². The van der Waals surface area contributed by atoms with E-state index in [1.807, 2.05) is 30.3 Å². The molecule has 4 rings (SSSR count). The number of hydrogen-bond acceptors (Lipinski definition) is 6. The van der Waals surface area contributed by atoms with Gasteiger partial charge in [-0.1, -0.05) is 36.0 Å². The van der Waals surface area contributed by atoms with Gasteiger partial charge in [0.05, 0.1) is 11.6 Å². The lowest BCUT2D eigenvalue weighted by Crippen LogP contribution is -2.19. The fraction of sp³-hybridized carbons (Fsp3) is 0.174. The number of benzene rings is 2. The summed E-state index contributed by atoms with van der Waals surface area (Å²) >= 11 is 1.35. The predicted octanol–water partition coefficient (Wildman–Crippen LogP) is 3.57. The summed E-state index contributed by atoms with van der Waals surface area (Å²) in [6, 6.07) is 9.31. The fourth-order valence-electron chi connectivity index (χ4n) is 3.44. The molecule has 2 atom stereocenters. The van der Waals surface area contributed by atoms with Crippen molar-refractivity contribution in [2.24, 2.45) is 15.1 Å². The van der Waals surface area contributed by atoms with E-state index in [0.717, 1.165) is 17.2 Å². The lowest BCUT2D eigenvalue weighted by molar-refractivity contribution is 0.489. The number of halogens is 1. The van der Waals surface area contributed by atoms with Crippen molar-refractivity contribution in [1.29, 1.82) is 0 Å². The van der Waals surface area contributed by atoms with Crippen LogP contribution in [0.3, 0.4) is 0 Å². The topological polar surface area (TPSA) is 115 Å². The van der Waals surface area contributed by atoms with Crippen LogP contribution in [-0.4, -0.2) is 33.0 Å². The van der Waals surface area contributed by atoms with Crippen LogP contribution in [0.4, 0.5) is 4.39 Å². The summed E-state index contributed by atoms with van der Waals surface area (Å²) < 4.78 is 38.4. The normalized spacial score (nSPS) is 17.4. The largest absolute Gasteiger partial charge is 0.420 e. The molecule has 0 saturated heterocycles. The molecule has 0 spiro atoms. The SMILES string of the molecule is CN=C/C=C(\N)c1cccc([C@@H](C)n2c(=O)oc3cc(S(=O)/N=C4\NC=CCS4)c(F)cc32)c1. The van der Waals surface area contributed by atoms with Crippen LogP contribution in [0, 0.1) is 5.82 Å². The highest BCUT2D eigenvalue weighted by atomic mass is 32.2. The number of hydrogen-bond donors (Lipinski definition) is 2. The van der Waals surface area contributed by atoms with E-state index in [9.17, 15) is 13.4 Å². The predicted molar refractivity (Wildman–Crippen MR) is 136 cm³/mol. The lowest BCUT2D eigenvalue weighted by atomic mass is 10.0. The Morgan fingerprint density at radius 2 is 2.21 bits per heavy atom. The van der Waals surface area contributed by atoms with Crippen LogP contribution in [0.1, 0.15) is 24.1 Å². The Morgan fingerprint density at radius 1 is 1.38 bits per heavy atom. The first-order chi connectivity index (χ1) is 16.4. The Labute approximate surface area is 201 Å². The van der Waals surface area contributed by atoms with Gasteiger partial charge >= 0.3 is 5.76 Å². The highest BCUT2D eigenvalue weighted by Gasteiger charge is 2.21. The van der Waals surface area contributed by atoms with Crippen LogP contribution >= 0.6 is 11.8 Å². The average Bonchev–Trinajstić information content (AvgIpc) is 3.16. The van der Waals surface area contributed by atoms with Crippen LogP contribution in [-0.2, 0) is 11.0 Å². The number of oxazole rings is 1. The van der Waals surface area contributed by atoms with Gasteiger partial charge in [0, 0.05) is 36.8 Å². The summed E-state index contributed by atoms with van der Waals surface area (Å²) in [6.07, 6.45) is 6.84. The number of fused-ring (bicyclic) bond motifs is 1. The highest BCUT2D eigenvalue weighted by Crippen LogP contribution is 2.27. The molecule has 0 fully saturated rings. The Balaban J connectivity index is 1.71. The van der Waals surface area contributed by atoms with Gasteiger partial charge < -0.3 is 15.5 Å². The fourth-order valence-corrected chi connectivity index (χ4v) is 5.09. The molecule has 3 aromatic rings. The number of thioether (sulfide) groups is 1. The monoisotopic (exact) mass is 499 g/mol. The zero-order valence-corrected chi connectivity index (χ0v) is 20.0. The van der Waals surface area contributed by atoms with Gasteiger partial charge in [0.1, 0.15) is 10.7 Å². The number of nitrogens with zero attached hydrogens (tertiary/aromatic N) is 3. The van der Waals surface area contributed by atoms with Crippen molar-refractivity contribution in [2.75, 3.05) is 12.8 Å². The molecular weight excluding hydrogens is 477 g/mol. The van der Waals surface area contributed by atoms with Gasteiger partial charge in [-0.05, 0) is 36.4 Å². The van der Waals surface area contributed by atoms with E-state index in [-0.39, 0.29) is 16.0 Å². The number of nitrogens with one attached hydrogen (secondary N) is 1. The Hall–Kier alpha value is -3.44. The molecule has 1 aromatic heterocycles. The van der Waals surface area contributed by atoms with Gasteiger partial charge in [0.2, 0.25) is 0 Å². The Kier molecular flexibility index (Phi) is 7.13. The van der Waals surface area contributed by atoms with E-state index in [1.54, 1.807) is 32.5 Å². The maximum atomic E-state index is 15.0. The molecule has 3 N–H and O–H groups in total. The molecule has 8 nitrogen and oxygen atoms in total. The minimum atomic E-state index is -2.01. The van der Waals surface area contributed by atoms with Gasteiger partial charge in [-0.3, -0.25) is 9.56 Å². The molecule has 2 aromatic carbocycles. The summed E-state index contributed by atoms with van der Waals surface area (Å²) in [5.74, 6) is -0.722. The van der Waals surface area contributed by atoms with Gasteiger partial charge in [0.25, 0.3) is 0 Å². The zero-order chi connectivity index (χ0) is 24.2. The summed E-state index contributed by atoms with van der Waals surface area (Å²) in [7, 11) is -0.363. The van der Waals surface area contributed by atoms with E-state index >= 15 is 0 Å². The van der Waals surface area contributed by atoms with Crippen molar-refractivity contribution in [1.82, 2.24) is 9.88 Å². The van der Waals surface area contributed by atoms with Crippen molar-refractivity contribution in [2.45, 2.75) is 17.9 Å². The minimum Gasteiger partial charge on any atom is -0.408 e. The molecule has 176 valence electrons. The smallest absolute Gasteiger partial charge is 0.408 e. The quantitative estimate of drug-likeness (QED) is 0.501. The third-order valence-electron chi connectivity index (χ3n) is 5.15. The molecule has 2 heterocycles. The van der Waals surface area contributed by atoms with Crippen LogP contribution < -0.4 is 16.8 Å². The molecule has 1 aliphatic rings. The maximum absolute atomic E-state index is 15.0. The van der Waals surface area contributed by atoms with E-state index in [2.05, 4.69) is 14.7 Å². The van der Waals surface area contributed by atoms with Crippen molar-refractivity contribution in [3.63, 3.8) is 0 Å². The summed E-state index contributed by atoms with van der Waals surface area (Å²) in [4.78, 5) is 16.4. The van der Waals surface area contributed by atoms with Gasteiger partial charge in [-0.15, -0.1) is 0 Å². The second-order valence-corrected chi connectivity index (χ2v) is 9.45. The molecule has 0 aliphatic carbocycles. The first-order valence-electron chi connectivity index (χ1n) is 10.3. The molecule has 0 radical (unpaired) electrons. The van der Waals surface area contributed by atoms with Gasteiger partial charge in [-0.25, -0.2) is 13.4 Å². The molecule has 34 heavy (non-hydrogen) atoms. The van der Waals surface area contributed by atoms with Crippen LogP contribution in [0.2, 0.25) is 0 Å². The van der Waals surface area contributed by atoms with Crippen molar-refractivity contribution >= 4 is 50.9 Å². The summed E-state index contributed by atoms with van der Waals surface area (Å²) in [6.45, 7) is 1.80. The van der Waals surface area contributed by atoms with E-state index in [4.69, 9.17) is 10.2 Å². The molecule has 11 heteroatoms. The number of rotatable bonds is 6. The molecule has 1 unspecified atom stereocenters. The molecular formula is C23H22FN5O3S2. The minimum absolute atomic E-state index is 0.126. The Bertz CT molecular complexity index is 1440. The first kappa shape index (κ1) is 23.7. The number of allylic oxidation sites excluding steroid dienone is 1. The second kappa shape index (κ2) is 10.2. The van der Waals surface area contributed by atoms with Crippen LogP contribution in [0.25, 0.3) is 16.8 Å². The standard InChI is InChI=1S/C23H22FN5O3S2/c1-14(15-5-3-6-16(11-15)18(25)7-9-26-2)29-19-12-17(24)21(13-20(19)32-23(29)30)34(31)28-22-27-8-4-10-33-22/h3-9,11-14H,10,25H2,1-2H3,(H,27,28)/b18-7-,26-9?/t14-,34?/m1/s1. The van der Waals surface area contributed by atoms with Gasteiger partial charge in [0.15, 0.2) is 21.7 Å². The number of aliphatic imine (C=N–C) groups is 1. The maximum Gasteiger partial charge on any atom is 0.420 e. The molecule has 1 aliphatic heterocycles. The zero-order valence-electron chi connectivity index (χ0n) is 18.4. The van der Waals surface area contributed by atoms with Crippen molar-refractivity contribution in [3.8, 4) is 0 Å². The average molecular weight is 500 g/mol. The van der Waals surface area contributed by atoms with Crippen LogP contribution in [0.5, 0.6) is 0 Å². The number of amidine groups is 1. The molecule has 0 bridgehead atoms. The second-order valence-electron chi connectivity index (χ2n) is 7.32. The van der Waals surface area contributed by atoms with Gasteiger partial charge in [-0.2, -0.15) is 4.40 Å².